The van der Waals surface area contributed by atoms with Crippen molar-refractivity contribution in [3.63, 3.8) is 0 Å². The highest BCUT2D eigenvalue weighted by Gasteiger charge is 2.26. The normalized spacial score (nSPS) is 14.9. The molecule has 13 nitrogen and oxygen atoms in total. The molecule has 0 bridgehead atoms. The van der Waals surface area contributed by atoms with Crippen LogP contribution >= 0.6 is 7.82 Å². The maximum Gasteiger partial charge on any atom is 0.472 e. The fourth-order valence-electron chi connectivity index (χ4n) is 3.04. The zero-order valence-corrected chi connectivity index (χ0v) is 20.5. The molecule has 0 radical (unpaired) electrons. The molecule has 0 spiro atoms. The number of nitrogens with zero attached hydrogens (tertiary/aromatic N) is 4. The third kappa shape index (κ3) is 7.44. The highest BCUT2D eigenvalue weighted by molar-refractivity contribution is 7.47. The number of rotatable bonds is 13. The number of hydrogen-bond acceptors (Lipinski definition) is 11. The molecule has 3 rings (SSSR count). The Morgan fingerprint density at radius 3 is 2.66 bits per heavy atom. The average Bonchev–Trinajstić information content (AvgIpc) is 3.28. The Labute approximate surface area is 201 Å². The number of nitrogen functional groups attached to an aromatic ring is 1. The molecule has 0 saturated carbocycles. The van der Waals surface area contributed by atoms with Gasteiger partial charge in [-0.2, -0.15) is 9.97 Å². The van der Waals surface area contributed by atoms with E-state index in [1.54, 1.807) is 35.8 Å². The number of phosphoric acid groups is 1. The number of methoxy groups -OCH3 is 1. The number of aromatic nitrogens is 4. The molecule has 3 unspecified atom stereocenters. The van der Waals surface area contributed by atoms with Crippen LogP contribution in [0.25, 0.3) is 11.2 Å². The first-order valence-electron chi connectivity index (χ1n) is 10.7. The first-order chi connectivity index (χ1) is 16.7. The molecule has 190 valence electrons. The molecule has 0 amide bonds. The van der Waals surface area contributed by atoms with Crippen LogP contribution in [0.1, 0.15) is 32.1 Å². The van der Waals surface area contributed by atoms with Crippen molar-refractivity contribution in [1.29, 1.82) is 0 Å². The minimum atomic E-state index is -4.52. The van der Waals surface area contributed by atoms with Gasteiger partial charge >= 0.3 is 13.8 Å². The number of anilines is 1. The molecular weight excluding hydrogens is 481 g/mol. The number of fused-ring (bicyclic) bond motifs is 1. The van der Waals surface area contributed by atoms with E-state index >= 15 is 0 Å². The maximum atomic E-state index is 12.2. The number of ether oxygens (including phenoxy) is 3. The molecule has 2 heterocycles. The number of hydrogen-bond donors (Lipinski definition) is 2. The average molecular weight is 509 g/mol. The summed E-state index contributed by atoms with van der Waals surface area (Å²) in [6.45, 7) is 2.58. The van der Waals surface area contributed by atoms with Crippen molar-refractivity contribution in [3.8, 4) is 5.88 Å². The molecule has 3 aromatic rings. The van der Waals surface area contributed by atoms with Gasteiger partial charge in [-0.1, -0.05) is 37.3 Å². The van der Waals surface area contributed by atoms with E-state index in [4.69, 9.17) is 29.0 Å². The van der Waals surface area contributed by atoms with Gasteiger partial charge in [-0.25, -0.2) is 14.3 Å². The Morgan fingerprint density at radius 1 is 1.23 bits per heavy atom. The summed E-state index contributed by atoms with van der Waals surface area (Å²) in [7, 11) is -3.08. The van der Waals surface area contributed by atoms with Gasteiger partial charge in [0.2, 0.25) is 11.8 Å². The quantitative estimate of drug-likeness (QED) is 0.255. The van der Waals surface area contributed by atoms with E-state index in [1.807, 2.05) is 13.0 Å². The van der Waals surface area contributed by atoms with E-state index in [1.165, 1.54) is 13.4 Å². The summed E-state index contributed by atoms with van der Waals surface area (Å²) < 4.78 is 39.7. The third-order valence-corrected chi connectivity index (χ3v) is 5.78. The lowest BCUT2D eigenvalue weighted by Crippen LogP contribution is -2.23. The lowest BCUT2D eigenvalue weighted by Gasteiger charge is -2.23. The van der Waals surface area contributed by atoms with E-state index in [9.17, 15) is 14.3 Å². The van der Waals surface area contributed by atoms with Crippen molar-refractivity contribution in [2.45, 2.75) is 39.2 Å². The van der Waals surface area contributed by atoms with E-state index in [2.05, 4.69) is 15.0 Å². The number of esters is 1. The topological polar surface area (TPSA) is 170 Å². The predicted molar refractivity (Wildman–Crippen MR) is 124 cm³/mol. The van der Waals surface area contributed by atoms with Crippen molar-refractivity contribution in [3.05, 3.63) is 42.2 Å². The third-order valence-electron chi connectivity index (χ3n) is 4.85. The fraction of sp³-hybridized carbons (Fsp3) is 0.429. The fourth-order valence-corrected chi connectivity index (χ4v) is 3.74. The number of carbonyl (C=O) groups excluding carboxylic acids is 1. The summed E-state index contributed by atoms with van der Waals surface area (Å²) in [5.41, 5.74) is 7.33. The first-order valence-corrected chi connectivity index (χ1v) is 12.2. The largest absolute Gasteiger partial charge is 0.479 e. The van der Waals surface area contributed by atoms with Crippen molar-refractivity contribution in [1.82, 2.24) is 19.5 Å². The second-order valence-electron chi connectivity index (χ2n) is 7.36. The Hall–Kier alpha value is -3.09. The number of carbonyl (C=O) groups is 1. The van der Waals surface area contributed by atoms with Gasteiger partial charge in [0.05, 0.1) is 26.1 Å². The number of imidazole rings is 1. The summed E-state index contributed by atoms with van der Waals surface area (Å²) in [6.07, 6.45) is 0.786. The van der Waals surface area contributed by atoms with Crippen LogP contribution in [0.3, 0.4) is 0 Å². The minimum absolute atomic E-state index is 0.0133. The molecule has 0 aliphatic carbocycles. The lowest BCUT2D eigenvalue weighted by molar-refractivity contribution is -0.148. The molecule has 0 aliphatic heterocycles. The van der Waals surface area contributed by atoms with Crippen LogP contribution in [0, 0.1) is 0 Å². The molecule has 35 heavy (non-hydrogen) atoms. The monoisotopic (exact) mass is 509 g/mol. The first kappa shape index (κ1) is 26.5. The van der Waals surface area contributed by atoms with Crippen LogP contribution in [0.5, 0.6) is 5.88 Å². The van der Waals surface area contributed by atoms with Crippen molar-refractivity contribution in [2.24, 2.45) is 0 Å². The molecule has 2 aromatic heterocycles. The van der Waals surface area contributed by atoms with Gasteiger partial charge in [0.1, 0.15) is 12.8 Å². The Balaban J connectivity index is 1.50. The van der Waals surface area contributed by atoms with Gasteiger partial charge in [0.25, 0.3) is 0 Å². The summed E-state index contributed by atoms with van der Waals surface area (Å²) in [4.78, 5) is 34.2. The molecule has 0 fully saturated rings. The molecule has 0 saturated heterocycles. The summed E-state index contributed by atoms with van der Waals surface area (Å²) in [5.74, 6) is -0.554. The molecule has 1 aromatic carbocycles. The van der Waals surface area contributed by atoms with Crippen LogP contribution in [-0.4, -0.2) is 56.8 Å². The van der Waals surface area contributed by atoms with Gasteiger partial charge in [-0.05, 0) is 18.9 Å². The predicted octanol–water partition coefficient (Wildman–Crippen LogP) is 2.61. The molecule has 0 aliphatic rings. The van der Waals surface area contributed by atoms with Gasteiger partial charge in [0, 0.05) is 0 Å². The van der Waals surface area contributed by atoms with E-state index in [0.29, 0.717) is 17.6 Å². The van der Waals surface area contributed by atoms with Crippen LogP contribution in [0.4, 0.5) is 5.95 Å². The highest BCUT2D eigenvalue weighted by Crippen LogP contribution is 2.43. The number of benzene rings is 1. The molecule has 3 N–H and O–H groups in total. The van der Waals surface area contributed by atoms with Crippen LogP contribution < -0.4 is 10.5 Å². The lowest BCUT2D eigenvalue weighted by atomic mass is 10.2. The van der Waals surface area contributed by atoms with Crippen LogP contribution in [-0.2, 0) is 34.5 Å². The molecular formula is C21H28N5O8P. The zero-order chi connectivity index (χ0) is 25.4. The smallest absolute Gasteiger partial charge is 0.472 e. The Bertz CT molecular complexity index is 1180. The van der Waals surface area contributed by atoms with Gasteiger partial charge < -0.3 is 24.8 Å². The zero-order valence-electron chi connectivity index (χ0n) is 19.6. The van der Waals surface area contributed by atoms with Crippen molar-refractivity contribution in [2.75, 3.05) is 26.1 Å². The second kappa shape index (κ2) is 12.0. The van der Waals surface area contributed by atoms with Crippen molar-refractivity contribution < 1.29 is 37.5 Å². The summed E-state index contributed by atoms with van der Waals surface area (Å²) in [5, 5.41) is 0. The van der Waals surface area contributed by atoms with Gasteiger partial charge in [-0.15, -0.1) is 0 Å². The maximum absolute atomic E-state index is 12.2. The summed E-state index contributed by atoms with van der Waals surface area (Å²) in [6, 6.07) is 9.01. The van der Waals surface area contributed by atoms with E-state index in [-0.39, 0.29) is 25.0 Å². The van der Waals surface area contributed by atoms with E-state index < -0.39 is 32.7 Å². The van der Waals surface area contributed by atoms with Gasteiger partial charge in [-0.3, -0.25) is 13.6 Å². The van der Waals surface area contributed by atoms with Crippen LogP contribution in [0.15, 0.2) is 36.7 Å². The molecule has 14 heteroatoms. The standard InChI is InChI=1S/C21H28N5O8P/c1-4-16(34-14(2)26-13-23-18-19(26)24-21(22)25-20(18)30-3)11-32-35(28,29)33-12-17(27)31-10-15-8-6-5-7-9-15/h5-9,13-14,16H,4,10-12H2,1-3H3,(H,28,29)(H2,22,24,25). The Kier molecular flexibility index (Phi) is 9.13. The highest BCUT2D eigenvalue weighted by atomic mass is 31.2. The van der Waals surface area contributed by atoms with Crippen molar-refractivity contribution >= 4 is 30.9 Å². The minimum Gasteiger partial charge on any atom is -0.479 e. The number of phosphoric ester groups is 1. The number of nitrogens with two attached hydrogens (primary N) is 1. The molecule has 3 atom stereocenters. The van der Waals surface area contributed by atoms with Gasteiger partial charge in [0.15, 0.2) is 17.8 Å². The second-order valence-corrected chi connectivity index (χ2v) is 8.82. The SMILES string of the molecule is CCC(COP(=O)(O)OCC(=O)OCc1ccccc1)OC(C)n1cnc2c(OC)nc(N)nc21. The Morgan fingerprint density at radius 2 is 1.97 bits per heavy atom. The van der Waals surface area contributed by atoms with Crippen LogP contribution in [0.2, 0.25) is 0 Å². The summed E-state index contributed by atoms with van der Waals surface area (Å²) >= 11 is 0. The van der Waals surface area contributed by atoms with E-state index in [0.717, 1.165) is 5.56 Å².